The number of oxime groups is 1. The van der Waals surface area contributed by atoms with Crippen LogP contribution in [0, 0.1) is 29.6 Å². The molecule has 20 heavy (non-hydrogen) atoms. The average molecular weight is 267 g/mol. The monoisotopic (exact) mass is 267 g/mol. The molecule has 0 spiro atoms. The minimum Gasteiger partial charge on any atom is -0.417 e. The minimum atomic E-state index is -0.372. The van der Waals surface area contributed by atoms with Crippen LogP contribution in [-0.4, -0.2) is 15.9 Å². The number of aromatic nitrogens is 2. The van der Waals surface area contributed by atoms with Gasteiger partial charge in [-0.25, -0.2) is 0 Å². The van der Waals surface area contributed by atoms with Crippen molar-refractivity contribution in [2.75, 3.05) is 0 Å². The molecule has 0 saturated heterocycles. The largest absolute Gasteiger partial charge is 0.417 e. The van der Waals surface area contributed by atoms with Crippen LogP contribution in [0.15, 0.2) is 33.8 Å². The molecule has 2 rings (SSSR count). The predicted molar refractivity (Wildman–Crippen MR) is 67.9 cm³/mol. The molecule has 0 amide bonds. The Hall–Kier alpha value is -3.19. The van der Waals surface area contributed by atoms with Crippen LogP contribution in [0.1, 0.15) is 11.5 Å². The maximum absolute atomic E-state index is 8.46. The van der Waals surface area contributed by atoms with Gasteiger partial charge < -0.3 is 9.25 Å². The Labute approximate surface area is 114 Å². The molecule has 0 fully saturated rings. The van der Waals surface area contributed by atoms with Gasteiger partial charge in [-0.1, -0.05) is 22.9 Å². The first-order chi connectivity index (χ1) is 9.72. The molecule has 1 heterocycles. The third kappa shape index (κ3) is 3.18. The molecule has 1 aromatic heterocycles. The molecule has 0 N–H and O–H groups in total. The van der Waals surface area contributed by atoms with Crippen molar-refractivity contribution in [3.8, 4) is 23.6 Å². The van der Waals surface area contributed by atoms with E-state index in [0.717, 1.165) is 11.1 Å². The topological polar surface area (TPSA) is 108 Å². The quantitative estimate of drug-likeness (QED) is 0.618. The second-order valence-corrected chi connectivity index (χ2v) is 3.80. The van der Waals surface area contributed by atoms with Crippen LogP contribution in [0.5, 0.6) is 0 Å². The number of benzene rings is 1. The van der Waals surface area contributed by atoms with Crippen LogP contribution in [0.25, 0.3) is 11.5 Å². The minimum absolute atomic E-state index is 0.105. The lowest BCUT2D eigenvalue weighted by atomic mass is 10.1. The van der Waals surface area contributed by atoms with Crippen LogP contribution in [-0.2, 0) is 11.4 Å². The van der Waals surface area contributed by atoms with Crippen molar-refractivity contribution in [2.24, 2.45) is 5.16 Å². The van der Waals surface area contributed by atoms with E-state index in [2.05, 4.69) is 15.4 Å². The van der Waals surface area contributed by atoms with Crippen molar-refractivity contribution < 1.29 is 9.25 Å². The molecule has 0 aliphatic rings. The molecule has 0 saturated carbocycles. The Morgan fingerprint density at radius 2 is 1.95 bits per heavy atom. The molecule has 0 aliphatic carbocycles. The summed E-state index contributed by atoms with van der Waals surface area (Å²) in [6.45, 7) is 1.88. The maximum atomic E-state index is 8.46. The Balaban J connectivity index is 2.03. The second kappa shape index (κ2) is 6.12. The molecule has 1 aromatic carbocycles. The van der Waals surface area contributed by atoms with Crippen molar-refractivity contribution in [1.82, 2.24) is 10.2 Å². The van der Waals surface area contributed by atoms with Crippen molar-refractivity contribution in [3.63, 3.8) is 0 Å². The summed E-state index contributed by atoms with van der Waals surface area (Å²) >= 11 is 0. The molecule has 7 heteroatoms. The summed E-state index contributed by atoms with van der Waals surface area (Å²) in [4.78, 5) is 4.78. The summed E-state index contributed by atoms with van der Waals surface area (Å²) in [5.41, 5.74) is 1.56. The Morgan fingerprint density at radius 3 is 2.60 bits per heavy atom. The van der Waals surface area contributed by atoms with Crippen molar-refractivity contribution in [1.29, 1.82) is 10.5 Å². The zero-order valence-corrected chi connectivity index (χ0v) is 10.6. The highest BCUT2D eigenvalue weighted by Crippen LogP contribution is 2.18. The Morgan fingerprint density at radius 1 is 1.25 bits per heavy atom. The fraction of sp³-hybridized carbons (Fsp3) is 0.154. The molecule has 0 radical (unpaired) electrons. The van der Waals surface area contributed by atoms with Crippen LogP contribution in [0.3, 0.4) is 0 Å². The first-order valence-electron chi connectivity index (χ1n) is 5.62. The lowest BCUT2D eigenvalue weighted by molar-refractivity contribution is 0.112. The van der Waals surface area contributed by atoms with Gasteiger partial charge in [0, 0.05) is 5.56 Å². The normalized spacial score (nSPS) is 9.35. The van der Waals surface area contributed by atoms with E-state index in [1.165, 1.54) is 0 Å². The van der Waals surface area contributed by atoms with E-state index in [1.807, 2.05) is 31.2 Å². The molecule has 0 bridgehead atoms. The number of rotatable bonds is 4. The highest BCUT2D eigenvalue weighted by molar-refractivity contribution is 6.09. The predicted octanol–water partition coefficient (Wildman–Crippen LogP) is 1.96. The van der Waals surface area contributed by atoms with Gasteiger partial charge >= 0.3 is 0 Å². The Bertz CT molecular complexity index is 688. The van der Waals surface area contributed by atoms with Crippen molar-refractivity contribution in [2.45, 2.75) is 13.5 Å². The van der Waals surface area contributed by atoms with E-state index in [4.69, 9.17) is 19.8 Å². The van der Waals surface area contributed by atoms with E-state index in [1.54, 1.807) is 12.1 Å². The molecule has 0 aliphatic heterocycles. The number of hydrogen-bond donors (Lipinski definition) is 0. The van der Waals surface area contributed by atoms with Gasteiger partial charge in [-0.05, 0) is 19.1 Å². The summed E-state index contributed by atoms with van der Waals surface area (Å²) in [6, 6.07) is 10.8. The molecule has 0 unspecified atom stereocenters. The van der Waals surface area contributed by atoms with Gasteiger partial charge in [0.25, 0.3) is 11.6 Å². The summed E-state index contributed by atoms with van der Waals surface area (Å²) in [6.07, 6.45) is 0. The van der Waals surface area contributed by atoms with Gasteiger partial charge in [0.05, 0.1) is 0 Å². The number of nitriles is 2. The summed E-state index contributed by atoms with van der Waals surface area (Å²) in [5.74, 6) is 0.577. The fourth-order valence-corrected chi connectivity index (χ4v) is 1.34. The molecular formula is C13H9N5O2. The van der Waals surface area contributed by atoms with Crippen LogP contribution >= 0.6 is 0 Å². The summed E-state index contributed by atoms with van der Waals surface area (Å²) < 4.78 is 5.38. The van der Waals surface area contributed by atoms with Crippen molar-refractivity contribution >= 4 is 5.71 Å². The number of aryl methyl sites for hydroxylation is 1. The van der Waals surface area contributed by atoms with Crippen LogP contribution < -0.4 is 0 Å². The zero-order valence-electron chi connectivity index (χ0n) is 10.6. The fourth-order valence-electron chi connectivity index (χ4n) is 1.34. The van der Waals surface area contributed by atoms with Crippen LogP contribution in [0.4, 0.5) is 0 Å². The maximum Gasteiger partial charge on any atom is 0.257 e. The highest BCUT2D eigenvalue weighted by Gasteiger charge is 2.08. The smallest absolute Gasteiger partial charge is 0.257 e. The van der Waals surface area contributed by atoms with Gasteiger partial charge in [-0.3, -0.25) is 0 Å². The van der Waals surface area contributed by atoms with Gasteiger partial charge in [0.2, 0.25) is 5.89 Å². The van der Waals surface area contributed by atoms with Gasteiger partial charge in [0.15, 0.2) is 6.61 Å². The van der Waals surface area contributed by atoms with Crippen LogP contribution in [0.2, 0.25) is 0 Å². The second-order valence-electron chi connectivity index (χ2n) is 3.80. The van der Waals surface area contributed by atoms with E-state index >= 15 is 0 Å². The zero-order chi connectivity index (χ0) is 14.4. The third-order valence-corrected chi connectivity index (χ3v) is 2.32. The molecule has 98 valence electrons. The molecule has 2 aromatic rings. The molecule has 0 atom stereocenters. The van der Waals surface area contributed by atoms with E-state index < -0.39 is 0 Å². The summed E-state index contributed by atoms with van der Waals surface area (Å²) in [5, 5.41) is 27.9. The highest BCUT2D eigenvalue weighted by atomic mass is 16.6. The first-order valence-corrected chi connectivity index (χ1v) is 5.62. The van der Waals surface area contributed by atoms with E-state index in [-0.39, 0.29) is 18.2 Å². The van der Waals surface area contributed by atoms with E-state index in [0.29, 0.717) is 5.89 Å². The lowest BCUT2D eigenvalue weighted by Crippen LogP contribution is -1.93. The van der Waals surface area contributed by atoms with Crippen molar-refractivity contribution in [3.05, 3.63) is 35.7 Å². The van der Waals surface area contributed by atoms with Gasteiger partial charge in [-0.15, -0.1) is 10.2 Å². The van der Waals surface area contributed by atoms with Gasteiger partial charge in [0.1, 0.15) is 12.1 Å². The lowest BCUT2D eigenvalue weighted by Gasteiger charge is -1.95. The Kier molecular flexibility index (Phi) is 4.05. The summed E-state index contributed by atoms with van der Waals surface area (Å²) in [7, 11) is 0. The molecule has 7 nitrogen and oxygen atoms in total. The third-order valence-electron chi connectivity index (χ3n) is 2.32. The van der Waals surface area contributed by atoms with Gasteiger partial charge in [-0.2, -0.15) is 10.5 Å². The first kappa shape index (κ1) is 13.2. The standard InChI is InChI=1S/C13H9N5O2/c1-9-2-4-10(5-3-9)13-17-16-12(20-13)8-19-18-11(6-14)7-15/h2-5H,8H2,1H3. The average Bonchev–Trinajstić information content (AvgIpc) is 2.93. The SMILES string of the molecule is Cc1ccc(-c2nnc(CON=C(C#N)C#N)o2)cc1. The molecular weight excluding hydrogens is 258 g/mol. The number of nitrogens with zero attached hydrogens (tertiary/aromatic N) is 5. The number of hydrogen-bond acceptors (Lipinski definition) is 7. The van der Waals surface area contributed by atoms with E-state index in [9.17, 15) is 0 Å².